The molecule has 0 aliphatic heterocycles. The maximum atomic E-state index is 12.3. The molecule has 0 amide bonds. The first-order valence-corrected chi connectivity index (χ1v) is 12.2. The van der Waals surface area contributed by atoms with Gasteiger partial charge in [0.05, 0.1) is 0 Å². The summed E-state index contributed by atoms with van der Waals surface area (Å²) < 4.78 is 11.4. The molecule has 2 aromatic rings. The molecule has 0 aliphatic rings. The first-order valence-electron chi connectivity index (χ1n) is 12.2. The van der Waals surface area contributed by atoms with Gasteiger partial charge in [-0.25, -0.2) is 9.59 Å². The SMILES string of the molecule is C=C(C)C(=O)Oc1c(/C=C\C)cc(Cc2cc(/C=C\C)c(OC(=O)C(=C)C)c(/C=C\C)c2)cc1/C=C\C. The van der Waals surface area contributed by atoms with Crippen LogP contribution in [0.2, 0.25) is 0 Å². The zero-order chi connectivity index (χ0) is 27.5. The van der Waals surface area contributed by atoms with Gasteiger partial charge in [-0.2, -0.15) is 0 Å². The Morgan fingerprint density at radius 1 is 0.622 bits per heavy atom. The van der Waals surface area contributed by atoms with Crippen molar-refractivity contribution in [2.24, 2.45) is 0 Å². The Kier molecular flexibility index (Phi) is 10.8. The quantitative estimate of drug-likeness (QED) is 0.188. The normalized spacial score (nSPS) is 11.6. The molecule has 2 rings (SSSR count). The van der Waals surface area contributed by atoms with Crippen molar-refractivity contribution in [2.45, 2.75) is 48.0 Å². The van der Waals surface area contributed by atoms with Crippen molar-refractivity contribution in [2.75, 3.05) is 0 Å². The number of carbonyl (C=O) groups is 2. The maximum absolute atomic E-state index is 12.3. The Morgan fingerprint density at radius 2 is 0.892 bits per heavy atom. The molecule has 4 nitrogen and oxygen atoms in total. The fourth-order valence-electron chi connectivity index (χ4n) is 3.73. The molecule has 0 saturated heterocycles. The summed E-state index contributed by atoms with van der Waals surface area (Å²) in [6.45, 7) is 18.3. The average Bonchev–Trinajstić information content (AvgIpc) is 2.83. The monoisotopic (exact) mass is 496 g/mol. The highest BCUT2D eigenvalue weighted by Crippen LogP contribution is 2.33. The third kappa shape index (κ3) is 7.91. The predicted molar refractivity (Wildman–Crippen MR) is 155 cm³/mol. The van der Waals surface area contributed by atoms with Gasteiger partial charge in [0, 0.05) is 33.4 Å². The number of allylic oxidation sites excluding steroid dienone is 4. The number of ether oxygens (including phenoxy) is 2. The van der Waals surface area contributed by atoms with Gasteiger partial charge in [0.15, 0.2) is 0 Å². The van der Waals surface area contributed by atoms with Crippen LogP contribution >= 0.6 is 0 Å². The molecule has 0 unspecified atom stereocenters. The number of rotatable bonds is 10. The van der Waals surface area contributed by atoms with E-state index in [1.165, 1.54) is 0 Å². The van der Waals surface area contributed by atoms with E-state index in [1.807, 2.05) is 101 Å². The molecule has 0 aliphatic carbocycles. The van der Waals surface area contributed by atoms with E-state index in [2.05, 4.69) is 13.2 Å². The van der Waals surface area contributed by atoms with Crippen molar-refractivity contribution in [3.8, 4) is 11.5 Å². The summed E-state index contributed by atoms with van der Waals surface area (Å²) in [7, 11) is 0. The van der Waals surface area contributed by atoms with Gasteiger partial charge in [0.1, 0.15) is 11.5 Å². The lowest BCUT2D eigenvalue weighted by atomic mass is 9.95. The van der Waals surface area contributed by atoms with Gasteiger partial charge >= 0.3 is 11.9 Å². The summed E-state index contributed by atoms with van der Waals surface area (Å²) in [5.74, 6) is 0.0747. The van der Waals surface area contributed by atoms with Crippen LogP contribution in [0.25, 0.3) is 24.3 Å². The van der Waals surface area contributed by atoms with Gasteiger partial charge in [-0.1, -0.05) is 61.8 Å². The van der Waals surface area contributed by atoms with Gasteiger partial charge in [-0.3, -0.25) is 0 Å². The van der Waals surface area contributed by atoms with Crippen molar-refractivity contribution in [3.05, 3.63) is 106 Å². The van der Waals surface area contributed by atoms with E-state index in [1.54, 1.807) is 13.8 Å². The maximum Gasteiger partial charge on any atom is 0.338 e. The van der Waals surface area contributed by atoms with Crippen LogP contribution in [0.3, 0.4) is 0 Å². The van der Waals surface area contributed by atoms with Crippen LogP contribution in [-0.2, 0) is 16.0 Å². The minimum Gasteiger partial charge on any atom is -0.422 e. The molecular formula is C33H36O4. The lowest BCUT2D eigenvalue weighted by Crippen LogP contribution is -2.11. The number of benzene rings is 2. The van der Waals surface area contributed by atoms with E-state index in [9.17, 15) is 9.59 Å². The largest absolute Gasteiger partial charge is 0.422 e. The van der Waals surface area contributed by atoms with Crippen molar-refractivity contribution in [1.29, 1.82) is 0 Å². The van der Waals surface area contributed by atoms with E-state index in [0.29, 0.717) is 29.1 Å². The second-order valence-corrected chi connectivity index (χ2v) is 8.72. The van der Waals surface area contributed by atoms with Crippen LogP contribution in [0, 0.1) is 0 Å². The van der Waals surface area contributed by atoms with Crippen molar-refractivity contribution >= 4 is 36.2 Å². The average molecular weight is 497 g/mol. The molecule has 0 fully saturated rings. The van der Waals surface area contributed by atoms with Crippen LogP contribution in [0.1, 0.15) is 74.9 Å². The summed E-state index contributed by atoms with van der Waals surface area (Å²) in [5.41, 5.74) is 5.97. The van der Waals surface area contributed by atoms with Crippen molar-refractivity contribution < 1.29 is 19.1 Å². The topological polar surface area (TPSA) is 52.6 Å². The van der Waals surface area contributed by atoms with E-state index < -0.39 is 11.9 Å². The number of hydrogen-bond donors (Lipinski definition) is 0. The first-order chi connectivity index (χ1) is 17.6. The number of esters is 2. The molecule has 192 valence electrons. The zero-order valence-corrected chi connectivity index (χ0v) is 22.7. The zero-order valence-electron chi connectivity index (χ0n) is 22.7. The van der Waals surface area contributed by atoms with Crippen LogP contribution in [0.5, 0.6) is 11.5 Å². The predicted octanol–water partition coefficient (Wildman–Crippen LogP) is 8.37. The third-order valence-corrected chi connectivity index (χ3v) is 5.29. The summed E-state index contributed by atoms with van der Waals surface area (Å²) in [6, 6.07) is 8.09. The van der Waals surface area contributed by atoms with Gasteiger partial charge < -0.3 is 9.47 Å². The highest BCUT2D eigenvalue weighted by molar-refractivity contribution is 5.91. The first kappa shape index (κ1) is 29.1. The lowest BCUT2D eigenvalue weighted by molar-refractivity contribution is -0.131. The lowest BCUT2D eigenvalue weighted by Gasteiger charge is -2.16. The van der Waals surface area contributed by atoms with Crippen LogP contribution in [-0.4, -0.2) is 11.9 Å². The molecule has 0 aromatic heterocycles. The minimum absolute atomic E-state index is 0.336. The molecule has 0 atom stereocenters. The van der Waals surface area contributed by atoms with Gasteiger partial charge in [-0.05, 0) is 83.4 Å². The fourth-order valence-corrected chi connectivity index (χ4v) is 3.73. The van der Waals surface area contributed by atoms with Crippen LogP contribution < -0.4 is 9.47 Å². The molecule has 37 heavy (non-hydrogen) atoms. The van der Waals surface area contributed by atoms with Crippen molar-refractivity contribution in [1.82, 2.24) is 0 Å². The van der Waals surface area contributed by atoms with Crippen molar-refractivity contribution in [3.63, 3.8) is 0 Å². The van der Waals surface area contributed by atoms with Gasteiger partial charge in [0.25, 0.3) is 0 Å². The summed E-state index contributed by atoms with van der Waals surface area (Å²) in [6.07, 6.45) is 16.0. The Balaban J connectivity index is 2.67. The van der Waals surface area contributed by atoms with Crippen LogP contribution in [0.15, 0.2) is 72.9 Å². The molecule has 0 N–H and O–H groups in total. The third-order valence-electron chi connectivity index (χ3n) is 5.29. The fraction of sp³-hybridized carbons (Fsp3) is 0.212. The molecule has 0 bridgehead atoms. The Hall–Kier alpha value is -4.18. The number of hydrogen-bond acceptors (Lipinski definition) is 4. The Morgan fingerprint density at radius 3 is 1.11 bits per heavy atom. The molecular weight excluding hydrogens is 460 g/mol. The molecule has 0 heterocycles. The summed E-state index contributed by atoms with van der Waals surface area (Å²) >= 11 is 0. The highest BCUT2D eigenvalue weighted by Gasteiger charge is 2.17. The van der Waals surface area contributed by atoms with Gasteiger partial charge in [-0.15, -0.1) is 0 Å². The molecule has 0 spiro atoms. The van der Waals surface area contributed by atoms with E-state index >= 15 is 0 Å². The van der Waals surface area contributed by atoms with Gasteiger partial charge in [0.2, 0.25) is 0 Å². The minimum atomic E-state index is -0.462. The highest BCUT2D eigenvalue weighted by atomic mass is 16.5. The smallest absolute Gasteiger partial charge is 0.338 e. The van der Waals surface area contributed by atoms with E-state index in [-0.39, 0.29) is 0 Å². The Labute approximate surface area is 221 Å². The molecule has 4 heteroatoms. The standard InChI is InChI=1S/C33H36O4/c1-9-13-26-18-24(19-27(14-10-2)30(26)36-32(34)22(5)6)17-25-20-28(15-11-3)31(29(21-25)16-12-4)37-33(35)23(7)8/h9-16,18-21H,5,7,17H2,1-4,6,8H3/b13-9-,14-10-,15-11-,16-12-. The van der Waals surface area contributed by atoms with E-state index in [0.717, 1.165) is 33.4 Å². The molecule has 0 radical (unpaired) electrons. The summed E-state index contributed by atoms with van der Waals surface area (Å²) in [4.78, 5) is 24.7. The van der Waals surface area contributed by atoms with E-state index in [4.69, 9.17) is 9.47 Å². The summed E-state index contributed by atoms with van der Waals surface area (Å²) in [5, 5.41) is 0. The second kappa shape index (κ2) is 13.8. The number of carbonyl (C=O) groups excluding carboxylic acids is 2. The molecule has 2 aromatic carbocycles. The van der Waals surface area contributed by atoms with Crippen LogP contribution in [0.4, 0.5) is 0 Å². The second-order valence-electron chi connectivity index (χ2n) is 8.72. The molecule has 0 saturated carbocycles. The Bertz CT molecular complexity index is 1150.